The van der Waals surface area contributed by atoms with Crippen molar-refractivity contribution in [1.82, 2.24) is 14.9 Å². The van der Waals surface area contributed by atoms with Crippen LogP contribution in [0, 0.1) is 0 Å². The summed E-state index contributed by atoms with van der Waals surface area (Å²) in [6.07, 6.45) is 4.93. The molecule has 0 bridgehead atoms. The first kappa shape index (κ1) is 18.5. The molecular formula is C22H23N3O3. The van der Waals surface area contributed by atoms with Crippen molar-refractivity contribution in [2.75, 3.05) is 19.7 Å². The van der Waals surface area contributed by atoms with E-state index in [-0.39, 0.29) is 12.5 Å². The maximum atomic E-state index is 13.4. The van der Waals surface area contributed by atoms with Gasteiger partial charge in [-0.25, -0.2) is 4.98 Å². The third-order valence-corrected chi connectivity index (χ3v) is 5.42. The number of para-hydroxylation sites is 1. The molecule has 28 heavy (non-hydrogen) atoms. The maximum absolute atomic E-state index is 13.4. The van der Waals surface area contributed by atoms with Gasteiger partial charge < -0.3 is 15.1 Å². The van der Waals surface area contributed by atoms with Crippen molar-refractivity contribution < 1.29 is 15.0 Å². The molecule has 144 valence electrons. The van der Waals surface area contributed by atoms with E-state index in [1.54, 1.807) is 17.3 Å². The van der Waals surface area contributed by atoms with Crippen LogP contribution in [0.1, 0.15) is 29.6 Å². The zero-order valence-corrected chi connectivity index (χ0v) is 15.6. The van der Waals surface area contributed by atoms with Gasteiger partial charge in [-0.2, -0.15) is 0 Å². The fourth-order valence-corrected chi connectivity index (χ4v) is 3.73. The number of carbonyl (C=O) groups excluding carboxylic acids is 1. The van der Waals surface area contributed by atoms with Gasteiger partial charge in [0.2, 0.25) is 0 Å². The molecule has 0 radical (unpaired) electrons. The molecule has 4 rings (SSSR count). The highest BCUT2D eigenvalue weighted by Gasteiger charge is 2.31. The number of amides is 1. The van der Waals surface area contributed by atoms with Crippen molar-refractivity contribution in [2.24, 2.45) is 0 Å². The molecule has 1 aliphatic heterocycles. The van der Waals surface area contributed by atoms with Gasteiger partial charge >= 0.3 is 0 Å². The minimum absolute atomic E-state index is 0.0731. The first-order chi connectivity index (χ1) is 13.6. The van der Waals surface area contributed by atoms with Crippen LogP contribution < -0.4 is 0 Å². The van der Waals surface area contributed by atoms with E-state index in [0.717, 1.165) is 22.2 Å². The van der Waals surface area contributed by atoms with E-state index < -0.39 is 5.60 Å². The quantitative estimate of drug-likeness (QED) is 0.733. The second-order valence-corrected chi connectivity index (χ2v) is 7.34. The van der Waals surface area contributed by atoms with Crippen LogP contribution in [-0.4, -0.2) is 56.3 Å². The number of pyridine rings is 2. The maximum Gasteiger partial charge on any atom is 0.254 e. The molecule has 1 atom stereocenters. The first-order valence-corrected chi connectivity index (χ1v) is 9.52. The van der Waals surface area contributed by atoms with Crippen LogP contribution in [0.4, 0.5) is 0 Å². The number of aliphatic hydroxyl groups is 2. The average Bonchev–Trinajstić information content (AvgIpc) is 2.95. The number of hydrogen-bond acceptors (Lipinski definition) is 5. The highest BCUT2D eigenvalue weighted by molar-refractivity contribution is 6.07. The Balaban J connectivity index is 1.74. The summed E-state index contributed by atoms with van der Waals surface area (Å²) in [5.41, 5.74) is 1.90. The Bertz CT molecular complexity index is 993. The van der Waals surface area contributed by atoms with Gasteiger partial charge in [0.25, 0.3) is 5.91 Å². The zero-order chi connectivity index (χ0) is 19.6. The minimum atomic E-state index is -1.10. The van der Waals surface area contributed by atoms with E-state index in [9.17, 15) is 15.0 Å². The third kappa shape index (κ3) is 3.61. The number of benzene rings is 1. The fraction of sp³-hybridized carbons (Fsp3) is 0.318. The van der Waals surface area contributed by atoms with Crippen molar-refractivity contribution in [3.63, 3.8) is 0 Å². The van der Waals surface area contributed by atoms with Crippen LogP contribution in [0.15, 0.2) is 54.9 Å². The van der Waals surface area contributed by atoms with E-state index >= 15 is 0 Å². The Morgan fingerprint density at radius 1 is 1.11 bits per heavy atom. The summed E-state index contributed by atoms with van der Waals surface area (Å²) < 4.78 is 0. The fourth-order valence-electron chi connectivity index (χ4n) is 3.73. The van der Waals surface area contributed by atoms with E-state index in [4.69, 9.17) is 4.98 Å². The lowest BCUT2D eigenvalue weighted by atomic mass is 9.96. The Morgan fingerprint density at radius 3 is 2.68 bits per heavy atom. The second-order valence-electron chi connectivity index (χ2n) is 7.34. The topological polar surface area (TPSA) is 86.6 Å². The Kier molecular flexibility index (Phi) is 5.07. The van der Waals surface area contributed by atoms with Crippen molar-refractivity contribution in [3.8, 4) is 11.3 Å². The number of likely N-dealkylation sites (tertiary alicyclic amines) is 1. The molecule has 1 amide bonds. The number of aliphatic hydroxyl groups excluding tert-OH is 1. The third-order valence-electron chi connectivity index (χ3n) is 5.42. The molecule has 0 aliphatic carbocycles. The number of fused-ring (bicyclic) bond motifs is 1. The molecule has 0 spiro atoms. The van der Waals surface area contributed by atoms with Crippen LogP contribution in [0.5, 0.6) is 0 Å². The molecular weight excluding hydrogens is 354 g/mol. The summed E-state index contributed by atoms with van der Waals surface area (Å²) >= 11 is 0. The van der Waals surface area contributed by atoms with Gasteiger partial charge in [0.15, 0.2) is 0 Å². The molecule has 1 fully saturated rings. The van der Waals surface area contributed by atoms with E-state index in [1.807, 2.05) is 42.5 Å². The molecule has 1 aliphatic rings. The van der Waals surface area contributed by atoms with E-state index in [1.165, 1.54) is 0 Å². The lowest BCUT2D eigenvalue weighted by Gasteiger charge is -2.25. The van der Waals surface area contributed by atoms with Gasteiger partial charge in [0.05, 0.1) is 29.0 Å². The lowest BCUT2D eigenvalue weighted by molar-refractivity contribution is -0.0250. The number of aromatic nitrogens is 2. The summed E-state index contributed by atoms with van der Waals surface area (Å²) in [6, 6.07) is 13.2. The van der Waals surface area contributed by atoms with Crippen molar-refractivity contribution in [3.05, 3.63) is 60.4 Å². The van der Waals surface area contributed by atoms with Gasteiger partial charge in [-0.15, -0.1) is 0 Å². The molecule has 1 aromatic carbocycles. The van der Waals surface area contributed by atoms with Gasteiger partial charge in [-0.05, 0) is 43.5 Å². The lowest BCUT2D eigenvalue weighted by Crippen LogP contribution is -2.36. The molecule has 6 nitrogen and oxygen atoms in total. The van der Waals surface area contributed by atoms with Gasteiger partial charge in [-0.1, -0.05) is 18.2 Å². The molecule has 2 N–H and O–H groups in total. The zero-order valence-electron chi connectivity index (χ0n) is 15.6. The van der Waals surface area contributed by atoms with E-state index in [0.29, 0.717) is 37.9 Å². The van der Waals surface area contributed by atoms with Gasteiger partial charge in [0, 0.05) is 36.4 Å². The Hall–Kier alpha value is -2.83. The standard InChI is InChI=1S/C22H23N3O3/c26-15-22(28)8-3-12-25(13-9-22)21(27)18-14-20(16-6-10-23-11-7-16)24-19-5-2-1-4-17(18)19/h1-2,4-7,10-11,14,26,28H,3,8-9,12-13,15H2/t22-/m0/s1. The molecule has 6 heteroatoms. The number of carbonyl (C=O) groups is 1. The van der Waals surface area contributed by atoms with Gasteiger partial charge in [-0.3, -0.25) is 9.78 Å². The summed E-state index contributed by atoms with van der Waals surface area (Å²) in [6.45, 7) is 0.693. The number of rotatable bonds is 3. The van der Waals surface area contributed by atoms with Crippen LogP contribution in [0.2, 0.25) is 0 Å². The predicted octanol–water partition coefficient (Wildman–Crippen LogP) is 2.65. The number of hydrogen-bond donors (Lipinski definition) is 2. The SMILES string of the molecule is O=C(c1cc(-c2ccncc2)nc2ccccc12)N1CCC[C@@](O)(CO)CC1. The van der Waals surface area contributed by atoms with Crippen LogP contribution in [-0.2, 0) is 0 Å². The van der Waals surface area contributed by atoms with Crippen molar-refractivity contribution in [1.29, 1.82) is 0 Å². The molecule has 1 saturated heterocycles. The predicted molar refractivity (Wildman–Crippen MR) is 107 cm³/mol. The second kappa shape index (κ2) is 7.66. The van der Waals surface area contributed by atoms with Gasteiger partial charge in [0.1, 0.15) is 0 Å². The van der Waals surface area contributed by atoms with Crippen molar-refractivity contribution >= 4 is 16.8 Å². The van der Waals surface area contributed by atoms with E-state index in [2.05, 4.69) is 4.98 Å². The Labute approximate surface area is 163 Å². The molecule has 2 aromatic heterocycles. The number of nitrogens with zero attached hydrogens (tertiary/aromatic N) is 3. The highest BCUT2D eigenvalue weighted by atomic mass is 16.3. The summed E-state index contributed by atoms with van der Waals surface area (Å²) in [5.74, 6) is -0.0731. The summed E-state index contributed by atoms with van der Waals surface area (Å²) in [4.78, 5) is 23.9. The molecule has 3 aromatic rings. The van der Waals surface area contributed by atoms with Crippen LogP contribution in [0.3, 0.4) is 0 Å². The van der Waals surface area contributed by atoms with Crippen molar-refractivity contribution in [2.45, 2.75) is 24.9 Å². The van der Waals surface area contributed by atoms with Crippen LogP contribution >= 0.6 is 0 Å². The normalized spacial score (nSPS) is 20.1. The minimum Gasteiger partial charge on any atom is -0.393 e. The summed E-state index contributed by atoms with van der Waals surface area (Å²) in [5, 5.41) is 20.7. The molecule has 0 saturated carbocycles. The first-order valence-electron chi connectivity index (χ1n) is 9.52. The monoisotopic (exact) mass is 377 g/mol. The molecule has 0 unspecified atom stereocenters. The Morgan fingerprint density at radius 2 is 1.89 bits per heavy atom. The highest BCUT2D eigenvalue weighted by Crippen LogP contribution is 2.28. The largest absolute Gasteiger partial charge is 0.393 e. The smallest absolute Gasteiger partial charge is 0.254 e. The average molecular weight is 377 g/mol. The van der Waals surface area contributed by atoms with Crippen LogP contribution in [0.25, 0.3) is 22.2 Å². The summed E-state index contributed by atoms with van der Waals surface area (Å²) in [7, 11) is 0. The molecule has 3 heterocycles.